The number of aldehydes is 1. The standard InChI is InChI=1S/C21H24N2O4/c1-14(20(25)23-21(26)22-16-8-3-2-4-9-16)27-19-12-11-15-7-5-6-10-17(15)18(19)13-24/h5-7,10-14,16H,2-4,8-9H2,1H3,(H2,22,23,25,26)/t14-/m1/s1. The summed E-state index contributed by atoms with van der Waals surface area (Å²) >= 11 is 0. The molecule has 1 atom stereocenters. The van der Waals surface area contributed by atoms with Crippen molar-refractivity contribution in [3.05, 3.63) is 42.0 Å². The second kappa shape index (κ2) is 8.66. The van der Waals surface area contributed by atoms with Gasteiger partial charge in [0, 0.05) is 6.04 Å². The molecule has 27 heavy (non-hydrogen) atoms. The third-order valence-corrected chi connectivity index (χ3v) is 4.90. The van der Waals surface area contributed by atoms with Gasteiger partial charge in [-0.3, -0.25) is 14.9 Å². The van der Waals surface area contributed by atoms with Crippen LogP contribution in [0.2, 0.25) is 0 Å². The summed E-state index contributed by atoms with van der Waals surface area (Å²) in [5.41, 5.74) is 0.388. The van der Waals surface area contributed by atoms with E-state index in [0.29, 0.717) is 11.3 Å². The van der Waals surface area contributed by atoms with Gasteiger partial charge in [-0.15, -0.1) is 0 Å². The molecule has 6 heteroatoms. The summed E-state index contributed by atoms with van der Waals surface area (Å²) in [6.45, 7) is 1.55. The summed E-state index contributed by atoms with van der Waals surface area (Å²) in [5, 5.41) is 6.82. The van der Waals surface area contributed by atoms with Crippen molar-refractivity contribution in [1.82, 2.24) is 10.6 Å². The Morgan fingerprint density at radius 3 is 2.59 bits per heavy atom. The number of ether oxygens (including phenoxy) is 1. The molecule has 0 aliphatic heterocycles. The van der Waals surface area contributed by atoms with Gasteiger partial charge in [0.2, 0.25) is 0 Å². The third-order valence-electron chi connectivity index (χ3n) is 4.90. The number of rotatable bonds is 5. The fraction of sp³-hybridized carbons (Fsp3) is 0.381. The molecule has 3 amide bonds. The highest BCUT2D eigenvalue weighted by atomic mass is 16.5. The molecule has 0 aromatic heterocycles. The van der Waals surface area contributed by atoms with Crippen LogP contribution in [-0.2, 0) is 4.79 Å². The van der Waals surface area contributed by atoms with Gasteiger partial charge in [-0.25, -0.2) is 4.79 Å². The Balaban J connectivity index is 1.63. The summed E-state index contributed by atoms with van der Waals surface area (Å²) < 4.78 is 5.67. The van der Waals surface area contributed by atoms with E-state index >= 15 is 0 Å². The van der Waals surface area contributed by atoms with Crippen molar-refractivity contribution in [1.29, 1.82) is 0 Å². The van der Waals surface area contributed by atoms with Crippen molar-refractivity contribution in [2.45, 2.75) is 51.2 Å². The Morgan fingerprint density at radius 1 is 1.11 bits per heavy atom. The van der Waals surface area contributed by atoms with Gasteiger partial charge in [-0.1, -0.05) is 49.6 Å². The minimum atomic E-state index is -0.915. The van der Waals surface area contributed by atoms with E-state index in [1.807, 2.05) is 30.3 Å². The predicted octanol–water partition coefficient (Wildman–Crippen LogP) is 3.58. The van der Waals surface area contributed by atoms with Crippen LogP contribution in [0.25, 0.3) is 10.8 Å². The third kappa shape index (κ3) is 4.64. The van der Waals surface area contributed by atoms with Crippen LogP contribution in [0.3, 0.4) is 0 Å². The number of fused-ring (bicyclic) bond motifs is 1. The molecule has 0 bridgehead atoms. The first-order chi connectivity index (χ1) is 13.1. The van der Waals surface area contributed by atoms with E-state index in [1.54, 1.807) is 13.0 Å². The lowest BCUT2D eigenvalue weighted by Crippen LogP contribution is -2.48. The molecule has 0 heterocycles. The van der Waals surface area contributed by atoms with Gasteiger partial charge in [0.1, 0.15) is 5.75 Å². The second-order valence-electron chi connectivity index (χ2n) is 6.87. The largest absolute Gasteiger partial charge is 0.480 e. The molecule has 3 rings (SSSR count). The minimum Gasteiger partial charge on any atom is -0.480 e. The van der Waals surface area contributed by atoms with Crippen LogP contribution in [-0.4, -0.2) is 30.4 Å². The number of nitrogens with one attached hydrogen (secondary N) is 2. The fourth-order valence-electron chi connectivity index (χ4n) is 3.43. The number of benzene rings is 2. The average Bonchev–Trinajstić information content (AvgIpc) is 2.68. The number of carbonyl (C=O) groups is 3. The topological polar surface area (TPSA) is 84.5 Å². The van der Waals surface area contributed by atoms with Gasteiger partial charge < -0.3 is 10.1 Å². The predicted molar refractivity (Wildman–Crippen MR) is 103 cm³/mol. The Kier molecular flexibility index (Phi) is 6.06. The first-order valence-electron chi connectivity index (χ1n) is 9.33. The van der Waals surface area contributed by atoms with Crippen LogP contribution in [0.15, 0.2) is 36.4 Å². The van der Waals surface area contributed by atoms with E-state index in [0.717, 1.165) is 42.7 Å². The quantitative estimate of drug-likeness (QED) is 0.790. The number of hydrogen-bond acceptors (Lipinski definition) is 4. The maximum Gasteiger partial charge on any atom is 0.321 e. The summed E-state index contributed by atoms with van der Waals surface area (Å²) in [7, 11) is 0. The molecule has 1 aliphatic rings. The van der Waals surface area contributed by atoms with Gasteiger partial charge in [-0.2, -0.15) is 0 Å². The van der Waals surface area contributed by atoms with Crippen molar-refractivity contribution >= 4 is 29.0 Å². The SMILES string of the molecule is C[C@@H](Oc1ccc2ccccc2c1C=O)C(=O)NC(=O)NC1CCCCC1. The average molecular weight is 368 g/mol. The van der Waals surface area contributed by atoms with E-state index in [1.165, 1.54) is 6.42 Å². The fourth-order valence-corrected chi connectivity index (χ4v) is 3.43. The van der Waals surface area contributed by atoms with Crippen LogP contribution in [0.5, 0.6) is 5.75 Å². The highest BCUT2D eigenvalue weighted by molar-refractivity contribution is 6.01. The van der Waals surface area contributed by atoms with Crippen LogP contribution in [0, 0.1) is 0 Å². The Labute approximate surface area is 158 Å². The lowest BCUT2D eigenvalue weighted by molar-refractivity contribution is -0.126. The van der Waals surface area contributed by atoms with Gasteiger partial charge >= 0.3 is 6.03 Å². The summed E-state index contributed by atoms with van der Waals surface area (Å²) in [6, 6.07) is 10.6. The van der Waals surface area contributed by atoms with Crippen molar-refractivity contribution in [3.63, 3.8) is 0 Å². The van der Waals surface area contributed by atoms with Crippen LogP contribution in [0.4, 0.5) is 4.79 Å². The summed E-state index contributed by atoms with van der Waals surface area (Å²) in [5.74, 6) is -0.229. The number of carbonyl (C=O) groups excluding carboxylic acids is 3. The molecule has 142 valence electrons. The van der Waals surface area contributed by atoms with Gasteiger partial charge in [0.25, 0.3) is 5.91 Å². The van der Waals surface area contributed by atoms with Gasteiger partial charge in [0.05, 0.1) is 5.56 Å². The normalized spacial score (nSPS) is 15.7. The minimum absolute atomic E-state index is 0.116. The van der Waals surface area contributed by atoms with Crippen LogP contribution >= 0.6 is 0 Å². The zero-order chi connectivity index (χ0) is 19.2. The van der Waals surface area contributed by atoms with E-state index in [-0.39, 0.29) is 6.04 Å². The molecule has 0 saturated heterocycles. The molecule has 2 aromatic carbocycles. The number of imide groups is 1. The number of urea groups is 1. The molecule has 0 unspecified atom stereocenters. The lowest BCUT2D eigenvalue weighted by atomic mass is 9.96. The molecule has 0 spiro atoms. The molecule has 6 nitrogen and oxygen atoms in total. The molecule has 0 radical (unpaired) electrons. The Hall–Kier alpha value is -2.89. The van der Waals surface area contributed by atoms with E-state index < -0.39 is 18.0 Å². The smallest absolute Gasteiger partial charge is 0.321 e. The zero-order valence-electron chi connectivity index (χ0n) is 15.4. The van der Waals surface area contributed by atoms with Crippen molar-refractivity contribution in [2.75, 3.05) is 0 Å². The molecule has 1 aliphatic carbocycles. The molecule has 1 saturated carbocycles. The summed E-state index contributed by atoms with van der Waals surface area (Å²) in [4.78, 5) is 35.8. The molecule has 1 fully saturated rings. The Bertz CT molecular complexity index is 843. The Morgan fingerprint density at radius 2 is 1.85 bits per heavy atom. The first kappa shape index (κ1) is 18.9. The highest BCUT2D eigenvalue weighted by Gasteiger charge is 2.21. The van der Waals surface area contributed by atoms with Gasteiger partial charge in [-0.05, 0) is 36.6 Å². The number of hydrogen-bond donors (Lipinski definition) is 2. The summed E-state index contributed by atoms with van der Waals surface area (Å²) in [6.07, 6.45) is 5.05. The van der Waals surface area contributed by atoms with E-state index in [4.69, 9.17) is 4.74 Å². The van der Waals surface area contributed by atoms with E-state index in [9.17, 15) is 14.4 Å². The first-order valence-corrected chi connectivity index (χ1v) is 9.33. The number of amides is 3. The lowest BCUT2D eigenvalue weighted by Gasteiger charge is -2.23. The highest BCUT2D eigenvalue weighted by Crippen LogP contribution is 2.27. The maximum atomic E-state index is 12.3. The zero-order valence-corrected chi connectivity index (χ0v) is 15.4. The van der Waals surface area contributed by atoms with Crippen molar-refractivity contribution in [3.8, 4) is 5.75 Å². The van der Waals surface area contributed by atoms with Gasteiger partial charge in [0.15, 0.2) is 12.4 Å². The van der Waals surface area contributed by atoms with Crippen molar-refractivity contribution < 1.29 is 19.1 Å². The van der Waals surface area contributed by atoms with Crippen LogP contribution < -0.4 is 15.4 Å². The maximum absolute atomic E-state index is 12.3. The molecule has 2 aromatic rings. The molecular formula is C21H24N2O4. The van der Waals surface area contributed by atoms with E-state index in [2.05, 4.69) is 10.6 Å². The second-order valence-corrected chi connectivity index (χ2v) is 6.87. The van der Waals surface area contributed by atoms with Crippen molar-refractivity contribution in [2.24, 2.45) is 0 Å². The molecule has 2 N–H and O–H groups in total. The monoisotopic (exact) mass is 368 g/mol. The molecular weight excluding hydrogens is 344 g/mol. The van der Waals surface area contributed by atoms with Crippen LogP contribution in [0.1, 0.15) is 49.4 Å².